The molecule has 3 heteroatoms. The molecule has 0 radical (unpaired) electrons. The molecular formula is C12H14N2O. The van der Waals surface area contributed by atoms with Crippen molar-refractivity contribution in [3.63, 3.8) is 0 Å². The van der Waals surface area contributed by atoms with Crippen LogP contribution >= 0.6 is 0 Å². The minimum absolute atomic E-state index is 0.135. The van der Waals surface area contributed by atoms with E-state index in [4.69, 9.17) is 10.3 Å². The van der Waals surface area contributed by atoms with Crippen LogP contribution in [-0.4, -0.2) is 5.16 Å². The smallest absolute Gasteiger partial charge is 0.160 e. The van der Waals surface area contributed by atoms with Gasteiger partial charge in [0.25, 0.3) is 0 Å². The summed E-state index contributed by atoms with van der Waals surface area (Å²) in [5.41, 5.74) is 9.09. The molecule has 3 nitrogen and oxygen atoms in total. The van der Waals surface area contributed by atoms with E-state index in [0.29, 0.717) is 0 Å². The lowest BCUT2D eigenvalue weighted by molar-refractivity contribution is 0.368. The van der Waals surface area contributed by atoms with Crippen LogP contribution in [0.1, 0.15) is 24.3 Å². The van der Waals surface area contributed by atoms with Crippen LogP contribution in [0.25, 0.3) is 11.1 Å². The van der Waals surface area contributed by atoms with Gasteiger partial charge >= 0.3 is 0 Å². The highest BCUT2D eigenvalue weighted by Crippen LogP contribution is 2.27. The number of nitrogens with zero attached hydrogens (tertiary/aromatic N) is 1. The van der Waals surface area contributed by atoms with Gasteiger partial charge in [0.2, 0.25) is 0 Å². The summed E-state index contributed by atoms with van der Waals surface area (Å²) in [7, 11) is 0. The van der Waals surface area contributed by atoms with Crippen molar-refractivity contribution in [1.29, 1.82) is 0 Å². The lowest BCUT2D eigenvalue weighted by atomic mass is 10.0. The highest BCUT2D eigenvalue weighted by atomic mass is 16.5. The highest BCUT2D eigenvalue weighted by molar-refractivity contribution is 5.65. The van der Waals surface area contributed by atoms with E-state index in [0.717, 1.165) is 16.9 Å². The summed E-state index contributed by atoms with van der Waals surface area (Å²) < 4.78 is 5.14. The molecule has 1 unspecified atom stereocenters. The first-order valence-electron chi connectivity index (χ1n) is 4.95. The maximum absolute atomic E-state index is 5.79. The molecule has 2 N–H and O–H groups in total. The molecular weight excluding hydrogens is 188 g/mol. The average molecular weight is 202 g/mol. The Morgan fingerprint density at radius 1 is 1.27 bits per heavy atom. The van der Waals surface area contributed by atoms with Gasteiger partial charge in [0, 0.05) is 5.56 Å². The van der Waals surface area contributed by atoms with E-state index < -0.39 is 0 Å². The molecule has 0 spiro atoms. The molecule has 1 heterocycles. The van der Waals surface area contributed by atoms with E-state index in [1.54, 1.807) is 6.20 Å². The van der Waals surface area contributed by atoms with Gasteiger partial charge in [-0.05, 0) is 19.4 Å². The van der Waals surface area contributed by atoms with E-state index in [-0.39, 0.29) is 6.04 Å². The molecule has 0 bridgehead atoms. The van der Waals surface area contributed by atoms with Crippen LogP contribution < -0.4 is 5.73 Å². The molecule has 2 aromatic rings. The predicted octanol–water partition coefficient (Wildman–Crippen LogP) is 2.67. The van der Waals surface area contributed by atoms with Crippen LogP contribution in [0.3, 0.4) is 0 Å². The van der Waals surface area contributed by atoms with Gasteiger partial charge in [-0.1, -0.05) is 35.0 Å². The maximum atomic E-state index is 5.79. The molecule has 0 saturated heterocycles. The normalized spacial score (nSPS) is 12.7. The van der Waals surface area contributed by atoms with Crippen LogP contribution in [0.15, 0.2) is 35.0 Å². The minimum atomic E-state index is -0.135. The summed E-state index contributed by atoms with van der Waals surface area (Å²) in [6, 6.07) is 8.09. The monoisotopic (exact) mass is 202 g/mol. The van der Waals surface area contributed by atoms with Crippen molar-refractivity contribution >= 4 is 0 Å². The zero-order valence-electron chi connectivity index (χ0n) is 8.90. The molecule has 1 atom stereocenters. The lowest BCUT2D eigenvalue weighted by Crippen LogP contribution is -2.04. The van der Waals surface area contributed by atoms with Crippen LogP contribution in [-0.2, 0) is 0 Å². The van der Waals surface area contributed by atoms with Crippen molar-refractivity contribution < 1.29 is 4.52 Å². The van der Waals surface area contributed by atoms with Gasteiger partial charge in [-0.2, -0.15) is 0 Å². The third-order valence-electron chi connectivity index (χ3n) is 2.37. The molecule has 0 amide bonds. The number of nitrogens with two attached hydrogens (primary N) is 1. The summed E-state index contributed by atoms with van der Waals surface area (Å²) in [4.78, 5) is 0. The Morgan fingerprint density at radius 3 is 2.53 bits per heavy atom. The van der Waals surface area contributed by atoms with E-state index in [2.05, 4.69) is 24.2 Å². The van der Waals surface area contributed by atoms with Crippen LogP contribution in [0.5, 0.6) is 0 Å². The SMILES string of the molecule is Cc1ccc(-c2cnoc2C(C)N)cc1. The van der Waals surface area contributed by atoms with Crippen molar-refractivity contribution in [1.82, 2.24) is 5.16 Å². The zero-order chi connectivity index (χ0) is 10.8. The number of hydrogen-bond acceptors (Lipinski definition) is 3. The van der Waals surface area contributed by atoms with Gasteiger partial charge in [-0.15, -0.1) is 0 Å². The first kappa shape index (κ1) is 9.93. The molecule has 0 fully saturated rings. The first-order valence-corrected chi connectivity index (χ1v) is 4.95. The van der Waals surface area contributed by atoms with Crippen molar-refractivity contribution in [2.75, 3.05) is 0 Å². The number of aryl methyl sites for hydroxylation is 1. The summed E-state index contributed by atoms with van der Waals surface area (Å²) in [6.45, 7) is 3.95. The standard InChI is InChI=1S/C12H14N2O/c1-8-3-5-10(6-4-8)11-7-14-15-12(11)9(2)13/h3-7,9H,13H2,1-2H3. The van der Waals surface area contributed by atoms with Crippen LogP contribution in [0.2, 0.25) is 0 Å². The first-order chi connectivity index (χ1) is 7.18. The third kappa shape index (κ3) is 1.92. The molecule has 0 aliphatic carbocycles. The van der Waals surface area contributed by atoms with E-state index >= 15 is 0 Å². The Labute approximate surface area is 88.9 Å². The fraction of sp³-hybridized carbons (Fsp3) is 0.250. The Morgan fingerprint density at radius 2 is 1.93 bits per heavy atom. The van der Waals surface area contributed by atoms with Crippen molar-refractivity contribution in [3.05, 3.63) is 41.8 Å². The fourth-order valence-electron chi connectivity index (χ4n) is 1.53. The molecule has 15 heavy (non-hydrogen) atoms. The second-order valence-electron chi connectivity index (χ2n) is 3.76. The van der Waals surface area contributed by atoms with Crippen molar-refractivity contribution in [3.8, 4) is 11.1 Å². The van der Waals surface area contributed by atoms with Gasteiger partial charge in [0.1, 0.15) is 0 Å². The van der Waals surface area contributed by atoms with Gasteiger partial charge in [0.15, 0.2) is 5.76 Å². The second-order valence-corrected chi connectivity index (χ2v) is 3.76. The highest BCUT2D eigenvalue weighted by Gasteiger charge is 2.13. The summed E-state index contributed by atoms with van der Waals surface area (Å²) in [5.74, 6) is 0.735. The van der Waals surface area contributed by atoms with Gasteiger partial charge in [-0.25, -0.2) is 0 Å². The molecule has 1 aromatic heterocycles. The maximum Gasteiger partial charge on any atom is 0.160 e. The third-order valence-corrected chi connectivity index (χ3v) is 2.37. The van der Waals surface area contributed by atoms with Crippen LogP contribution in [0.4, 0.5) is 0 Å². The van der Waals surface area contributed by atoms with E-state index in [9.17, 15) is 0 Å². The van der Waals surface area contributed by atoms with Gasteiger partial charge < -0.3 is 10.3 Å². The van der Waals surface area contributed by atoms with E-state index in [1.807, 2.05) is 19.1 Å². The van der Waals surface area contributed by atoms with Gasteiger partial charge in [0.05, 0.1) is 12.2 Å². The topological polar surface area (TPSA) is 52.0 Å². The molecule has 1 aromatic carbocycles. The zero-order valence-corrected chi connectivity index (χ0v) is 8.90. The Bertz CT molecular complexity index is 443. The number of hydrogen-bond donors (Lipinski definition) is 1. The number of benzene rings is 1. The molecule has 2 rings (SSSR count). The quantitative estimate of drug-likeness (QED) is 0.814. The summed E-state index contributed by atoms with van der Waals surface area (Å²) >= 11 is 0. The second kappa shape index (κ2) is 3.87. The fourth-order valence-corrected chi connectivity index (χ4v) is 1.53. The molecule has 0 saturated carbocycles. The Hall–Kier alpha value is -1.61. The van der Waals surface area contributed by atoms with Crippen molar-refractivity contribution in [2.45, 2.75) is 19.9 Å². The largest absolute Gasteiger partial charge is 0.359 e. The lowest BCUT2D eigenvalue weighted by Gasteiger charge is -2.04. The average Bonchev–Trinajstić information content (AvgIpc) is 2.67. The van der Waals surface area contributed by atoms with E-state index in [1.165, 1.54) is 5.56 Å². The number of rotatable bonds is 2. The van der Waals surface area contributed by atoms with Crippen LogP contribution in [0, 0.1) is 6.92 Å². The Kier molecular flexibility index (Phi) is 2.56. The molecule has 78 valence electrons. The van der Waals surface area contributed by atoms with Gasteiger partial charge in [-0.3, -0.25) is 0 Å². The van der Waals surface area contributed by atoms with Crippen molar-refractivity contribution in [2.24, 2.45) is 5.73 Å². The minimum Gasteiger partial charge on any atom is -0.359 e. The molecule has 0 aliphatic heterocycles. The Balaban J connectivity index is 2.45. The predicted molar refractivity (Wildman–Crippen MR) is 59.3 cm³/mol. The summed E-state index contributed by atoms with van der Waals surface area (Å²) in [5, 5.41) is 3.79. The summed E-state index contributed by atoms with van der Waals surface area (Å²) in [6.07, 6.45) is 1.71. The number of aromatic nitrogens is 1. The molecule has 0 aliphatic rings.